The van der Waals surface area contributed by atoms with Crippen molar-refractivity contribution in [2.75, 3.05) is 10.5 Å². The largest absolute Gasteiger partial charge is 0.399 e. The van der Waals surface area contributed by atoms with Gasteiger partial charge in [0.2, 0.25) is 0 Å². The summed E-state index contributed by atoms with van der Waals surface area (Å²) in [5, 5.41) is 0.448. The van der Waals surface area contributed by atoms with Crippen molar-refractivity contribution in [2.24, 2.45) is 0 Å². The fraction of sp³-hybridized carbons (Fsp3) is 0.357. The number of nitrogens with one attached hydrogen (secondary N) is 1. The van der Waals surface area contributed by atoms with Crippen molar-refractivity contribution in [1.29, 1.82) is 0 Å². The molecule has 0 bridgehead atoms. The van der Waals surface area contributed by atoms with Crippen LogP contribution in [0.1, 0.15) is 29.0 Å². The van der Waals surface area contributed by atoms with Crippen LogP contribution in [-0.2, 0) is 22.9 Å². The normalized spacial score (nSPS) is 14.7. The minimum absolute atomic E-state index is 0.204. The third kappa shape index (κ3) is 2.89. The highest BCUT2D eigenvalue weighted by Gasteiger charge is 2.21. The van der Waals surface area contributed by atoms with Crippen LogP contribution in [-0.4, -0.2) is 13.4 Å². The molecule has 1 heterocycles. The lowest BCUT2D eigenvalue weighted by Crippen LogP contribution is -2.14. The lowest BCUT2D eigenvalue weighted by Gasteiger charge is -2.08. The lowest BCUT2D eigenvalue weighted by molar-refractivity contribution is 0.600. The van der Waals surface area contributed by atoms with Crippen LogP contribution in [0.4, 0.5) is 10.8 Å². The van der Waals surface area contributed by atoms with Crippen molar-refractivity contribution in [2.45, 2.75) is 37.5 Å². The quantitative estimate of drug-likeness (QED) is 0.851. The third-order valence-corrected chi connectivity index (χ3v) is 6.25. The van der Waals surface area contributed by atoms with Crippen LogP contribution >= 0.6 is 11.3 Å². The third-order valence-electron chi connectivity index (χ3n) is 3.57. The van der Waals surface area contributed by atoms with Crippen molar-refractivity contribution in [1.82, 2.24) is 4.98 Å². The molecule has 0 saturated heterocycles. The molecule has 1 aliphatic carbocycles. The van der Waals surface area contributed by atoms with E-state index in [1.165, 1.54) is 22.3 Å². The zero-order chi connectivity index (χ0) is 15.0. The topological polar surface area (TPSA) is 85.1 Å². The molecule has 0 atom stereocenters. The average molecular weight is 323 g/mol. The summed E-state index contributed by atoms with van der Waals surface area (Å²) in [7, 11) is -3.65. The van der Waals surface area contributed by atoms with Gasteiger partial charge in [0, 0.05) is 10.6 Å². The second-order valence-electron chi connectivity index (χ2n) is 5.23. The van der Waals surface area contributed by atoms with Crippen molar-refractivity contribution < 1.29 is 8.42 Å². The van der Waals surface area contributed by atoms with Crippen LogP contribution in [0.3, 0.4) is 0 Å². The zero-order valence-electron chi connectivity index (χ0n) is 11.7. The molecule has 2 aromatic rings. The number of aryl methyl sites for hydroxylation is 3. The number of hydrogen-bond donors (Lipinski definition) is 2. The van der Waals surface area contributed by atoms with Gasteiger partial charge in [0.05, 0.1) is 10.6 Å². The minimum Gasteiger partial charge on any atom is -0.399 e. The molecule has 21 heavy (non-hydrogen) atoms. The van der Waals surface area contributed by atoms with Crippen molar-refractivity contribution in [3.8, 4) is 0 Å². The number of sulfonamides is 1. The molecular weight excluding hydrogens is 306 g/mol. The highest BCUT2D eigenvalue weighted by molar-refractivity contribution is 7.93. The maximum atomic E-state index is 12.5. The number of nitrogens with two attached hydrogens (primary N) is 1. The van der Waals surface area contributed by atoms with Crippen LogP contribution in [0, 0.1) is 6.92 Å². The van der Waals surface area contributed by atoms with Crippen LogP contribution in [0.5, 0.6) is 0 Å². The molecule has 0 saturated carbocycles. The monoisotopic (exact) mass is 323 g/mol. The van der Waals surface area contributed by atoms with E-state index in [2.05, 4.69) is 9.71 Å². The Morgan fingerprint density at radius 3 is 2.81 bits per heavy atom. The highest BCUT2D eigenvalue weighted by Crippen LogP contribution is 2.31. The SMILES string of the molecule is Cc1ccc(N)cc1S(=O)(=O)Nc1nc2c(s1)CCCC2. The van der Waals surface area contributed by atoms with E-state index in [0.717, 1.165) is 31.4 Å². The van der Waals surface area contributed by atoms with E-state index in [1.54, 1.807) is 19.1 Å². The molecule has 1 aromatic heterocycles. The number of thiazole rings is 1. The fourth-order valence-corrected chi connectivity index (χ4v) is 5.04. The molecule has 5 nitrogen and oxygen atoms in total. The number of aromatic nitrogens is 1. The Bertz CT molecular complexity index is 758. The summed E-state index contributed by atoms with van der Waals surface area (Å²) in [5.41, 5.74) is 7.82. The van der Waals surface area contributed by atoms with Gasteiger partial charge in [-0.1, -0.05) is 6.07 Å². The van der Waals surface area contributed by atoms with Crippen LogP contribution in [0.25, 0.3) is 0 Å². The molecule has 0 unspecified atom stereocenters. The molecule has 112 valence electrons. The number of nitrogens with zero attached hydrogens (tertiary/aromatic N) is 1. The van der Waals surface area contributed by atoms with Crippen LogP contribution < -0.4 is 10.5 Å². The smallest absolute Gasteiger partial charge is 0.264 e. The van der Waals surface area contributed by atoms with Crippen molar-refractivity contribution in [3.63, 3.8) is 0 Å². The van der Waals surface area contributed by atoms with Crippen molar-refractivity contribution >= 4 is 32.2 Å². The molecule has 0 amide bonds. The van der Waals surface area contributed by atoms with E-state index in [4.69, 9.17) is 5.73 Å². The van der Waals surface area contributed by atoms with Gasteiger partial charge in [-0.25, -0.2) is 13.4 Å². The van der Waals surface area contributed by atoms with Gasteiger partial charge in [-0.3, -0.25) is 4.72 Å². The first-order chi connectivity index (χ1) is 9.95. The minimum atomic E-state index is -3.65. The molecule has 0 aliphatic heterocycles. The van der Waals surface area contributed by atoms with Gasteiger partial charge in [-0.2, -0.15) is 0 Å². The van der Waals surface area contributed by atoms with E-state index in [1.807, 2.05) is 0 Å². The highest BCUT2D eigenvalue weighted by atomic mass is 32.2. The van der Waals surface area contributed by atoms with Crippen molar-refractivity contribution in [3.05, 3.63) is 34.3 Å². The van der Waals surface area contributed by atoms with Gasteiger partial charge >= 0.3 is 0 Å². The van der Waals surface area contributed by atoms with Gasteiger partial charge in [0.1, 0.15) is 0 Å². The summed E-state index contributed by atoms with van der Waals surface area (Å²) in [5.74, 6) is 0. The van der Waals surface area contributed by atoms with Gasteiger partial charge < -0.3 is 5.73 Å². The molecule has 3 N–H and O–H groups in total. The van der Waals surface area contributed by atoms with Crippen LogP contribution in [0.2, 0.25) is 0 Å². The summed E-state index contributed by atoms with van der Waals surface area (Å²) in [6.07, 6.45) is 4.20. The number of fused-ring (bicyclic) bond motifs is 1. The Morgan fingerprint density at radius 1 is 1.29 bits per heavy atom. The predicted molar refractivity (Wildman–Crippen MR) is 85.2 cm³/mol. The number of rotatable bonds is 3. The Kier molecular flexibility index (Phi) is 3.62. The maximum Gasteiger partial charge on any atom is 0.264 e. The molecule has 3 rings (SSSR count). The Balaban J connectivity index is 1.92. The van der Waals surface area contributed by atoms with E-state index >= 15 is 0 Å². The van der Waals surface area contributed by atoms with E-state index < -0.39 is 10.0 Å². The van der Waals surface area contributed by atoms with Crippen LogP contribution in [0.15, 0.2) is 23.1 Å². The number of nitrogen functional groups attached to an aromatic ring is 1. The summed E-state index contributed by atoms with van der Waals surface area (Å²) in [4.78, 5) is 5.81. The van der Waals surface area contributed by atoms with Gasteiger partial charge in [0.15, 0.2) is 5.13 Å². The number of anilines is 2. The molecule has 0 spiro atoms. The Morgan fingerprint density at radius 2 is 2.05 bits per heavy atom. The Hall–Kier alpha value is -1.60. The zero-order valence-corrected chi connectivity index (χ0v) is 13.4. The lowest BCUT2D eigenvalue weighted by atomic mass is 10.0. The molecular formula is C14H17N3O2S2. The average Bonchev–Trinajstić information content (AvgIpc) is 2.82. The summed E-state index contributed by atoms with van der Waals surface area (Å²) in [6.45, 7) is 1.75. The Labute approximate surface area is 128 Å². The first-order valence-corrected chi connectivity index (χ1v) is 9.13. The molecule has 1 aliphatic rings. The number of benzene rings is 1. The fourth-order valence-electron chi connectivity index (χ4n) is 2.47. The standard InChI is InChI=1S/C14H17N3O2S2/c1-9-6-7-10(15)8-13(9)21(18,19)17-14-16-11-4-2-3-5-12(11)20-14/h6-8H,2-5,15H2,1H3,(H,16,17). The summed E-state index contributed by atoms with van der Waals surface area (Å²) >= 11 is 1.43. The predicted octanol–water partition coefficient (Wildman–Crippen LogP) is 2.71. The van der Waals surface area contributed by atoms with E-state index in [0.29, 0.717) is 16.4 Å². The summed E-state index contributed by atoms with van der Waals surface area (Å²) < 4.78 is 27.6. The summed E-state index contributed by atoms with van der Waals surface area (Å²) in [6, 6.07) is 4.87. The maximum absolute atomic E-state index is 12.5. The van der Waals surface area contributed by atoms with Gasteiger partial charge in [-0.15, -0.1) is 11.3 Å². The van der Waals surface area contributed by atoms with E-state index in [9.17, 15) is 8.42 Å². The first-order valence-electron chi connectivity index (χ1n) is 6.83. The molecule has 0 radical (unpaired) electrons. The molecule has 0 fully saturated rings. The molecule has 7 heteroatoms. The second-order valence-corrected chi connectivity index (χ2v) is 7.96. The van der Waals surface area contributed by atoms with Gasteiger partial charge in [-0.05, 0) is 50.3 Å². The molecule has 1 aromatic carbocycles. The van der Waals surface area contributed by atoms with E-state index in [-0.39, 0.29) is 4.90 Å². The number of hydrogen-bond acceptors (Lipinski definition) is 5. The second kappa shape index (κ2) is 5.31. The first kappa shape index (κ1) is 14.3. The van der Waals surface area contributed by atoms with Gasteiger partial charge in [0.25, 0.3) is 10.0 Å².